The standard InChI is InChI=1S/C24H16ClF3N4O4S/c25-19-6-4-13(8-18(19)22(34)35)20-7-5-17(36-20)11-29-32-21(33)10-16-12-37-23(31-16)30-15-3-1-2-14(9-15)24(26,27)28/h1-9,11-12H,10H2,(H,30,31)(H,32,33)(H,34,35)/b29-11-. The number of carboxylic acids is 1. The highest BCUT2D eigenvalue weighted by Crippen LogP contribution is 2.32. The average Bonchev–Trinajstić information content (AvgIpc) is 3.48. The van der Waals surface area contributed by atoms with Crippen LogP contribution in [0.2, 0.25) is 5.02 Å². The smallest absolute Gasteiger partial charge is 0.416 e. The maximum absolute atomic E-state index is 12.9. The minimum atomic E-state index is -4.46. The van der Waals surface area contributed by atoms with Gasteiger partial charge in [0.15, 0.2) is 5.13 Å². The number of amides is 1. The van der Waals surface area contributed by atoms with Gasteiger partial charge in [0, 0.05) is 16.6 Å². The van der Waals surface area contributed by atoms with Crippen LogP contribution in [0.3, 0.4) is 0 Å². The summed E-state index contributed by atoms with van der Waals surface area (Å²) < 4.78 is 44.2. The van der Waals surface area contributed by atoms with Gasteiger partial charge in [-0.3, -0.25) is 4.79 Å². The number of furan rings is 1. The number of alkyl halides is 3. The molecule has 0 aliphatic rings. The normalized spacial score (nSPS) is 11.6. The Morgan fingerprint density at radius 1 is 1.16 bits per heavy atom. The molecule has 13 heteroatoms. The van der Waals surface area contributed by atoms with E-state index in [0.29, 0.717) is 27.9 Å². The number of rotatable bonds is 8. The molecule has 0 fully saturated rings. The molecule has 4 rings (SSSR count). The second kappa shape index (κ2) is 10.8. The summed E-state index contributed by atoms with van der Waals surface area (Å²) in [4.78, 5) is 27.6. The molecule has 2 aromatic heterocycles. The first-order valence-corrected chi connectivity index (χ1v) is 11.7. The summed E-state index contributed by atoms with van der Waals surface area (Å²) in [6.07, 6.45) is -3.29. The molecule has 0 unspecified atom stereocenters. The van der Waals surface area contributed by atoms with Gasteiger partial charge in [0.25, 0.3) is 0 Å². The molecule has 0 spiro atoms. The maximum atomic E-state index is 12.9. The summed E-state index contributed by atoms with van der Waals surface area (Å²) in [7, 11) is 0. The Balaban J connectivity index is 1.32. The van der Waals surface area contributed by atoms with Crippen LogP contribution in [0.1, 0.15) is 27.4 Å². The van der Waals surface area contributed by atoms with Crippen molar-refractivity contribution in [2.24, 2.45) is 5.10 Å². The Kier molecular flexibility index (Phi) is 7.60. The minimum absolute atomic E-state index is 0.0618. The monoisotopic (exact) mass is 548 g/mol. The number of nitrogens with one attached hydrogen (secondary N) is 2. The first-order valence-electron chi connectivity index (χ1n) is 10.4. The fraction of sp³-hybridized carbons (Fsp3) is 0.0833. The van der Waals surface area contributed by atoms with E-state index in [1.165, 1.54) is 30.5 Å². The number of halogens is 4. The second-order valence-electron chi connectivity index (χ2n) is 7.52. The molecular formula is C24H16ClF3N4O4S. The molecule has 190 valence electrons. The first-order chi connectivity index (χ1) is 17.6. The van der Waals surface area contributed by atoms with Crippen molar-refractivity contribution in [3.63, 3.8) is 0 Å². The Morgan fingerprint density at radius 3 is 2.73 bits per heavy atom. The van der Waals surface area contributed by atoms with Gasteiger partial charge in [-0.05, 0) is 48.5 Å². The zero-order valence-electron chi connectivity index (χ0n) is 18.5. The molecule has 2 aromatic carbocycles. The number of aromatic nitrogens is 1. The number of nitrogens with zero attached hydrogens (tertiary/aromatic N) is 2. The fourth-order valence-corrected chi connectivity index (χ4v) is 4.06. The second-order valence-corrected chi connectivity index (χ2v) is 8.78. The SMILES string of the molecule is O=C(Cc1csc(Nc2cccc(C(F)(F)F)c2)n1)N/N=C\c1ccc(-c2ccc(Cl)c(C(=O)O)c2)o1. The van der Waals surface area contributed by atoms with E-state index in [2.05, 4.69) is 20.8 Å². The Bertz CT molecular complexity index is 1480. The van der Waals surface area contributed by atoms with Crippen molar-refractivity contribution in [2.75, 3.05) is 5.32 Å². The van der Waals surface area contributed by atoms with E-state index in [1.54, 1.807) is 23.6 Å². The predicted molar refractivity (Wildman–Crippen MR) is 132 cm³/mol. The third kappa shape index (κ3) is 6.74. The lowest BCUT2D eigenvalue weighted by molar-refractivity contribution is -0.137. The van der Waals surface area contributed by atoms with Crippen molar-refractivity contribution in [3.05, 3.63) is 87.6 Å². The van der Waals surface area contributed by atoms with Gasteiger partial charge in [0.05, 0.1) is 34.5 Å². The van der Waals surface area contributed by atoms with E-state index in [9.17, 15) is 27.9 Å². The number of carboxylic acid groups (broad SMARTS) is 1. The number of aromatic carboxylic acids is 1. The van der Waals surface area contributed by atoms with Crippen LogP contribution in [-0.2, 0) is 17.4 Å². The summed E-state index contributed by atoms with van der Waals surface area (Å²) in [6.45, 7) is 0. The lowest BCUT2D eigenvalue weighted by Crippen LogP contribution is -2.19. The molecule has 0 bridgehead atoms. The van der Waals surface area contributed by atoms with Gasteiger partial charge in [0.1, 0.15) is 11.5 Å². The lowest BCUT2D eigenvalue weighted by Gasteiger charge is -2.08. The summed E-state index contributed by atoms with van der Waals surface area (Å²) in [5.74, 6) is -0.942. The highest BCUT2D eigenvalue weighted by molar-refractivity contribution is 7.13. The van der Waals surface area contributed by atoms with Crippen LogP contribution in [0.4, 0.5) is 24.0 Å². The van der Waals surface area contributed by atoms with Crippen LogP contribution in [-0.4, -0.2) is 28.2 Å². The fourth-order valence-electron chi connectivity index (χ4n) is 3.13. The van der Waals surface area contributed by atoms with E-state index in [1.807, 2.05) is 0 Å². The van der Waals surface area contributed by atoms with E-state index in [-0.39, 0.29) is 22.7 Å². The van der Waals surface area contributed by atoms with E-state index in [0.717, 1.165) is 23.5 Å². The molecule has 2 heterocycles. The summed E-state index contributed by atoms with van der Waals surface area (Å²) in [5, 5.41) is 17.9. The Morgan fingerprint density at radius 2 is 1.97 bits per heavy atom. The molecule has 37 heavy (non-hydrogen) atoms. The largest absolute Gasteiger partial charge is 0.478 e. The molecule has 0 saturated carbocycles. The molecule has 0 radical (unpaired) electrons. The summed E-state index contributed by atoms with van der Waals surface area (Å²) in [6, 6.07) is 12.4. The highest BCUT2D eigenvalue weighted by Gasteiger charge is 2.30. The first kappa shape index (κ1) is 25.9. The van der Waals surface area contributed by atoms with Gasteiger partial charge >= 0.3 is 12.1 Å². The summed E-state index contributed by atoms with van der Waals surface area (Å²) >= 11 is 7.02. The number of hydrogen-bond acceptors (Lipinski definition) is 7. The number of carbonyl (C=O) groups excluding carboxylic acids is 1. The van der Waals surface area contributed by atoms with E-state index >= 15 is 0 Å². The average molecular weight is 549 g/mol. The topological polar surface area (TPSA) is 117 Å². The number of carbonyl (C=O) groups is 2. The predicted octanol–water partition coefficient (Wildman–Crippen LogP) is 6.21. The van der Waals surface area contributed by atoms with Gasteiger partial charge < -0.3 is 14.8 Å². The van der Waals surface area contributed by atoms with Crippen LogP contribution in [0.5, 0.6) is 0 Å². The quantitative estimate of drug-likeness (QED) is 0.178. The van der Waals surface area contributed by atoms with Crippen LogP contribution in [0.15, 0.2) is 69.5 Å². The third-order valence-corrected chi connectivity index (χ3v) is 5.96. The van der Waals surface area contributed by atoms with Gasteiger partial charge in [-0.2, -0.15) is 18.3 Å². The molecule has 0 atom stereocenters. The van der Waals surface area contributed by atoms with Crippen molar-refractivity contribution >= 4 is 51.8 Å². The van der Waals surface area contributed by atoms with Crippen molar-refractivity contribution < 1.29 is 32.3 Å². The number of anilines is 2. The van der Waals surface area contributed by atoms with Crippen LogP contribution >= 0.6 is 22.9 Å². The molecule has 0 aliphatic heterocycles. The number of benzene rings is 2. The number of thiazole rings is 1. The minimum Gasteiger partial charge on any atom is -0.478 e. The molecule has 0 saturated heterocycles. The molecular weight excluding hydrogens is 533 g/mol. The Hall–Kier alpha value is -4.16. The van der Waals surface area contributed by atoms with Gasteiger partial charge in [0.2, 0.25) is 5.91 Å². The summed E-state index contributed by atoms with van der Waals surface area (Å²) in [5.41, 5.74) is 2.62. The molecule has 8 nitrogen and oxygen atoms in total. The maximum Gasteiger partial charge on any atom is 0.416 e. The highest BCUT2D eigenvalue weighted by atomic mass is 35.5. The van der Waals surface area contributed by atoms with Crippen molar-refractivity contribution in [2.45, 2.75) is 12.6 Å². The van der Waals surface area contributed by atoms with Crippen molar-refractivity contribution in [1.29, 1.82) is 0 Å². The zero-order valence-corrected chi connectivity index (χ0v) is 20.1. The van der Waals surface area contributed by atoms with Gasteiger partial charge in [-0.25, -0.2) is 15.2 Å². The number of hydrogen-bond donors (Lipinski definition) is 3. The van der Waals surface area contributed by atoms with Crippen molar-refractivity contribution in [3.8, 4) is 11.3 Å². The van der Waals surface area contributed by atoms with E-state index in [4.69, 9.17) is 16.0 Å². The van der Waals surface area contributed by atoms with Gasteiger partial charge in [-0.15, -0.1) is 11.3 Å². The van der Waals surface area contributed by atoms with E-state index < -0.39 is 23.6 Å². The molecule has 0 aliphatic carbocycles. The molecule has 4 aromatic rings. The lowest BCUT2D eigenvalue weighted by atomic mass is 10.1. The van der Waals surface area contributed by atoms with Crippen LogP contribution in [0, 0.1) is 0 Å². The zero-order chi connectivity index (χ0) is 26.6. The van der Waals surface area contributed by atoms with Crippen LogP contribution in [0.25, 0.3) is 11.3 Å². The van der Waals surface area contributed by atoms with Crippen LogP contribution < -0.4 is 10.7 Å². The molecule has 1 amide bonds. The third-order valence-electron chi connectivity index (χ3n) is 4.82. The van der Waals surface area contributed by atoms with Crippen molar-refractivity contribution in [1.82, 2.24) is 10.4 Å². The Labute approximate surface area is 216 Å². The number of hydrazone groups is 1. The van der Waals surface area contributed by atoms with Gasteiger partial charge in [-0.1, -0.05) is 17.7 Å². The molecule has 3 N–H and O–H groups in total.